The van der Waals surface area contributed by atoms with Crippen LogP contribution in [0.5, 0.6) is 0 Å². The highest BCUT2D eigenvalue weighted by Crippen LogP contribution is 2.29. The Morgan fingerprint density at radius 2 is 2.19 bits per heavy atom. The fourth-order valence-corrected chi connectivity index (χ4v) is 3.86. The normalized spacial score (nSPS) is 35.2. The highest BCUT2D eigenvalue weighted by Gasteiger charge is 2.36. The van der Waals surface area contributed by atoms with E-state index >= 15 is 0 Å². The van der Waals surface area contributed by atoms with Crippen LogP contribution in [0.15, 0.2) is 17.5 Å². The molecule has 2 bridgehead atoms. The molecule has 0 radical (unpaired) electrons. The summed E-state index contributed by atoms with van der Waals surface area (Å²) in [5, 5.41) is 5.68. The van der Waals surface area contributed by atoms with Crippen LogP contribution in [0.2, 0.25) is 0 Å². The Labute approximate surface area is 101 Å². The van der Waals surface area contributed by atoms with Gasteiger partial charge in [0.25, 0.3) is 0 Å². The van der Waals surface area contributed by atoms with Gasteiger partial charge in [0, 0.05) is 43.6 Å². The van der Waals surface area contributed by atoms with Crippen molar-refractivity contribution < 1.29 is 0 Å². The van der Waals surface area contributed by atoms with Gasteiger partial charge >= 0.3 is 0 Å². The second-order valence-corrected chi connectivity index (χ2v) is 5.66. The van der Waals surface area contributed by atoms with E-state index in [4.69, 9.17) is 0 Å². The van der Waals surface area contributed by atoms with Crippen molar-refractivity contribution in [2.75, 3.05) is 39.8 Å². The van der Waals surface area contributed by atoms with Crippen molar-refractivity contribution in [1.29, 1.82) is 0 Å². The number of likely N-dealkylation sites (N-methyl/N-ethyl adjacent to an activating group) is 1. The molecule has 4 heteroatoms. The van der Waals surface area contributed by atoms with Gasteiger partial charge in [-0.2, -0.15) is 0 Å². The van der Waals surface area contributed by atoms with Crippen LogP contribution in [0.4, 0.5) is 0 Å². The molecule has 4 rings (SSSR count). The summed E-state index contributed by atoms with van der Waals surface area (Å²) in [6, 6.07) is 5.57. The van der Waals surface area contributed by atoms with Crippen molar-refractivity contribution in [2.45, 2.75) is 12.1 Å². The van der Waals surface area contributed by atoms with Gasteiger partial charge in [0.05, 0.1) is 6.04 Å². The SMILES string of the molecule is CNC(c1cccs1)C1CN2CCN1CC2. The zero-order valence-electron chi connectivity index (χ0n) is 9.72. The van der Waals surface area contributed by atoms with E-state index in [9.17, 15) is 0 Å². The predicted octanol–water partition coefficient (Wildman–Crippen LogP) is 1.01. The van der Waals surface area contributed by atoms with E-state index in [0.717, 1.165) is 0 Å². The first-order valence-electron chi connectivity index (χ1n) is 6.05. The summed E-state index contributed by atoms with van der Waals surface area (Å²) < 4.78 is 0. The maximum Gasteiger partial charge on any atom is 0.0582 e. The lowest BCUT2D eigenvalue weighted by Gasteiger charge is -2.50. The summed E-state index contributed by atoms with van der Waals surface area (Å²) in [6.07, 6.45) is 0. The van der Waals surface area contributed by atoms with Gasteiger partial charge in [-0.05, 0) is 18.5 Å². The second-order valence-electron chi connectivity index (χ2n) is 4.69. The van der Waals surface area contributed by atoms with E-state index in [0.29, 0.717) is 12.1 Å². The molecule has 1 aromatic heterocycles. The monoisotopic (exact) mass is 237 g/mol. The van der Waals surface area contributed by atoms with E-state index in [-0.39, 0.29) is 0 Å². The lowest BCUT2D eigenvalue weighted by molar-refractivity contribution is -0.00202. The molecule has 2 unspecified atom stereocenters. The number of nitrogens with zero attached hydrogens (tertiary/aromatic N) is 2. The van der Waals surface area contributed by atoms with Crippen LogP contribution in [0.25, 0.3) is 0 Å². The van der Waals surface area contributed by atoms with Gasteiger partial charge in [-0.15, -0.1) is 11.3 Å². The maximum atomic E-state index is 3.50. The Balaban J connectivity index is 1.80. The first-order chi connectivity index (χ1) is 7.88. The topological polar surface area (TPSA) is 18.5 Å². The lowest BCUT2D eigenvalue weighted by Crippen LogP contribution is -2.63. The molecule has 88 valence electrons. The molecule has 0 spiro atoms. The predicted molar refractivity (Wildman–Crippen MR) is 67.9 cm³/mol. The van der Waals surface area contributed by atoms with Gasteiger partial charge in [-0.3, -0.25) is 9.80 Å². The number of rotatable bonds is 3. The van der Waals surface area contributed by atoms with Crippen LogP contribution in [0, 0.1) is 0 Å². The molecule has 1 aromatic rings. The fourth-order valence-electron chi connectivity index (χ4n) is 2.97. The lowest BCUT2D eigenvalue weighted by atomic mass is 9.99. The zero-order chi connectivity index (χ0) is 11.0. The van der Waals surface area contributed by atoms with E-state index in [2.05, 4.69) is 39.7 Å². The van der Waals surface area contributed by atoms with Crippen molar-refractivity contribution in [2.24, 2.45) is 0 Å². The van der Waals surface area contributed by atoms with Crippen LogP contribution in [0.1, 0.15) is 10.9 Å². The quantitative estimate of drug-likeness (QED) is 0.846. The first kappa shape index (κ1) is 10.7. The first-order valence-corrected chi connectivity index (χ1v) is 6.93. The standard InChI is InChI=1S/C12H19N3S/c1-13-12(11-3-2-8-16-11)10-9-14-4-6-15(10)7-5-14/h2-3,8,10,12-13H,4-7,9H2,1H3. The Morgan fingerprint density at radius 3 is 2.69 bits per heavy atom. The van der Waals surface area contributed by atoms with Crippen molar-refractivity contribution in [3.05, 3.63) is 22.4 Å². The van der Waals surface area contributed by atoms with Gasteiger partial charge in [0.2, 0.25) is 0 Å². The third-order valence-corrected chi connectivity index (χ3v) is 4.82. The molecule has 0 amide bonds. The van der Waals surface area contributed by atoms with Crippen LogP contribution in [-0.4, -0.2) is 55.6 Å². The molecule has 0 aromatic carbocycles. The molecule has 4 heterocycles. The molecule has 16 heavy (non-hydrogen) atoms. The summed E-state index contributed by atoms with van der Waals surface area (Å²) in [5.74, 6) is 0. The Bertz CT molecular complexity index is 330. The van der Waals surface area contributed by atoms with Crippen LogP contribution in [0.3, 0.4) is 0 Å². The summed E-state index contributed by atoms with van der Waals surface area (Å²) in [7, 11) is 2.09. The van der Waals surface area contributed by atoms with Crippen LogP contribution >= 0.6 is 11.3 Å². The number of nitrogens with one attached hydrogen (secondary N) is 1. The zero-order valence-corrected chi connectivity index (χ0v) is 10.5. The molecule has 0 saturated carbocycles. The Hall–Kier alpha value is -0.420. The van der Waals surface area contributed by atoms with Crippen molar-refractivity contribution in [1.82, 2.24) is 15.1 Å². The smallest absolute Gasteiger partial charge is 0.0582 e. The molecule has 1 N–H and O–H groups in total. The van der Waals surface area contributed by atoms with Crippen molar-refractivity contribution in [3.63, 3.8) is 0 Å². The molecule has 2 atom stereocenters. The van der Waals surface area contributed by atoms with E-state index in [1.807, 2.05) is 11.3 Å². The average molecular weight is 237 g/mol. The fraction of sp³-hybridized carbons (Fsp3) is 0.667. The van der Waals surface area contributed by atoms with Gasteiger partial charge in [0.1, 0.15) is 0 Å². The number of fused-ring (bicyclic) bond motifs is 3. The minimum atomic E-state index is 0.503. The number of thiophene rings is 1. The number of hydrogen-bond acceptors (Lipinski definition) is 4. The summed E-state index contributed by atoms with van der Waals surface area (Å²) in [6.45, 7) is 6.24. The highest BCUT2D eigenvalue weighted by atomic mass is 32.1. The van der Waals surface area contributed by atoms with Gasteiger partial charge in [0.15, 0.2) is 0 Å². The van der Waals surface area contributed by atoms with Crippen LogP contribution in [-0.2, 0) is 0 Å². The summed E-state index contributed by atoms with van der Waals surface area (Å²) in [4.78, 5) is 6.73. The second kappa shape index (κ2) is 4.45. The van der Waals surface area contributed by atoms with E-state index in [1.165, 1.54) is 37.6 Å². The molecule has 3 nitrogen and oxygen atoms in total. The third-order valence-electron chi connectivity index (χ3n) is 3.87. The Morgan fingerprint density at radius 1 is 1.38 bits per heavy atom. The number of piperazine rings is 3. The van der Waals surface area contributed by atoms with E-state index in [1.54, 1.807) is 0 Å². The minimum Gasteiger partial charge on any atom is -0.311 e. The molecule has 3 saturated heterocycles. The van der Waals surface area contributed by atoms with Crippen molar-refractivity contribution in [3.8, 4) is 0 Å². The van der Waals surface area contributed by atoms with E-state index < -0.39 is 0 Å². The van der Waals surface area contributed by atoms with Crippen molar-refractivity contribution >= 4 is 11.3 Å². The maximum absolute atomic E-state index is 3.50. The van der Waals surface area contributed by atoms with Gasteiger partial charge in [-0.25, -0.2) is 0 Å². The molecule has 3 aliphatic heterocycles. The van der Waals surface area contributed by atoms with Crippen LogP contribution < -0.4 is 5.32 Å². The summed E-state index contributed by atoms with van der Waals surface area (Å²) >= 11 is 1.87. The molecule has 3 fully saturated rings. The van der Waals surface area contributed by atoms with Gasteiger partial charge in [-0.1, -0.05) is 6.07 Å². The Kier molecular flexibility index (Phi) is 2.98. The summed E-state index contributed by atoms with van der Waals surface area (Å²) in [5.41, 5.74) is 0. The molecule has 3 aliphatic rings. The highest BCUT2D eigenvalue weighted by molar-refractivity contribution is 7.10. The molecular formula is C12H19N3S. The molecular weight excluding hydrogens is 218 g/mol. The molecule has 0 aliphatic carbocycles. The minimum absolute atomic E-state index is 0.503. The third kappa shape index (κ3) is 1.80. The number of hydrogen-bond donors (Lipinski definition) is 1. The van der Waals surface area contributed by atoms with Gasteiger partial charge < -0.3 is 5.32 Å². The average Bonchev–Trinajstić information content (AvgIpc) is 2.85. The largest absolute Gasteiger partial charge is 0.311 e.